The van der Waals surface area contributed by atoms with Crippen LogP contribution in [0.5, 0.6) is 0 Å². The zero-order valence-electron chi connectivity index (χ0n) is 9.13. The molecule has 2 N–H and O–H groups in total. The van der Waals surface area contributed by atoms with Gasteiger partial charge in [0.25, 0.3) is 0 Å². The number of aliphatic hydroxyl groups is 2. The third kappa shape index (κ3) is 3.30. The van der Waals surface area contributed by atoms with Crippen molar-refractivity contribution in [3.63, 3.8) is 0 Å². The van der Waals surface area contributed by atoms with E-state index < -0.39 is 0 Å². The predicted molar refractivity (Wildman–Crippen MR) is 60.6 cm³/mol. The molecule has 15 heavy (non-hydrogen) atoms. The van der Waals surface area contributed by atoms with E-state index in [4.69, 9.17) is 5.11 Å². The summed E-state index contributed by atoms with van der Waals surface area (Å²) in [7, 11) is 0. The van der Waals surface area contributed by atoms with E-state index in [2.05, 4.69) is 4.90 Å². The zero-order valence-corrected chi connectivity index (χ0v) is 9.13. The molecule has 84 valence electrons. The highest BCUT2D eigenvalue weighted by atomic mass is 16.3. The van der Waals surface area contributed by atoms with Gasteiger partial charge in [0.1, 0.15) is 0 Å². The number of benzene rings is 1. The van der Waals surface area contributed by atoms with Crippen molar-refractivity contribution in [3.8, 4) is 0 Å². The Hall–Kier alpha value is -0.900. The van der Waals surface area contributed by atoms with Crippen LogP contribution in [0.15, 0.2) is 30.3 Å². The Morgan fingerprint density at radius 3 is 2.33 bits per heavy atom. The first-order valence-corrected chi connectivity index (χ1v) is 5.34. The van der Waals surface area contributed by atoms with Crippen LogP contribution >= 0.6 is 0 Å². The fourth-order valence-electron chi connectivity index (χ4n) is 1.77. The maximum atomic E-state index is 9.38. The van der Waals surface area contributed by atoms with Crippen molar-refractivity contribution in [1.82, 2.24) is 4.90 Å². The average Bonchev–Trinajstić information content (AvgIpc) is 2.30. The van der Waals surface area contributed by atoms with Gasteiger partial charge >= 0.3 is 0 Å². The summed E-state index contributed by atoms with van der Waals surface area (Å²) in [4.78, 5) is 2.06. The van der Waals surface area contributed by atoms with Crippen molar-refractivity contribution in [2.75, 3.05) is 26.3 Å². The maximum Gasteiger partial charge on any atom is 0.0628 e. The first kappa shape index (κ1) is 12.2. The standard InChI is InChI=1S/C12H19NO2/c1-2-13(8-9-14)12(10-15)11-6-4-3-5-7-11/h3-7,12,14-15H,2,8-10H2,1H3. The van der Waals surface area contributed by atoms with E-state index in [-0.39, 0.29) is 19.3 Å². The normalized spacial score (nSPS) is 13.1. The first-order chi connectivity index (χ1) is 7.33. The van der Waals surface area contributed by atoms with E-state index in [1.165, 1.54) is 0 Å². The van der Waals surface area contributed by atoms with Gasteiger partial charge in [0.05, 0.1) is 19.3 Å². The molecule has 0 aliphatic heterocycles. The molecule has 1 aromatic carbocycles. The van der Waals surface area contributed by atoms with Gasteiger partial charge in [-0.1, -0.05) is 37.3 Å². The van der Waals surface area contributed by atoms with Crippen LogP contribution in [-0.4, -0.2) is 41.4 Å². The molecule has 1 unspecified atom stereocenters. The largest absolute Gasteiger partial charge is 0.395 e. The predicted octanol–water partition coefficient (Wildman–Crippen LogP) is 1.03. The number of hydrogen-bond acceptors (Lipinski definition) is 3. The highest BCUT2D eigenvalue weighted by Crippen LogP contribution is 2.19. The van der Waals surface area contributed by atoms with Gasteiger partial charge in [0.2, 0.25) is 0 Å². The van der Waals surface area contributed by atoms with Crippen LogP contribution in [0.25, 0.3) is 0 Å². The summed E-state index contributed by atoms with van der Waals surface area (Å²) in [5.74, 6) is 0. The molecule has 0 heterocycles. The van der Waals surface area contributed by atoms with Crippen molar-refractivity contribution < 1.29 is 10.2 Å². The van der Waals surface area contributed by atoms with Crippen LogP contribution in [0.1, 0.15) is 18.5 Å². The van der Waals surface area contributed by atoms with E-state index in [1.54, 1.807) is 0 Å². The summed E-state index contributed by atoms with van der Waals surface area (Å²) in [6.45, 7) is 3.65. The molecule has 0 spiro atoms. The molecular formula is C12H19NO2. The summed E-state index contributed by atoms with van der Waals surface area (Å²) >= 11 is 0. The molecule has 1 aromatic rings. The lowest BCUT2D eigenvalue weighted by Gasteiger charge is -2.28. The summed E-state index contributed by atoms with van der Waals surface area (Å²) in [5, 5.41) is 18.3. The second kappa shape index (κ2) is 6.56. The fourth-order valence-corrected chi connectivity index (χ4v) is 1.77. The van der Waals surface area contributed by atoms with Crippen molar-refractivity contribution in [1.29, 1.82) is 0 Å². The summed E-state index contributed by atoms with van der Waals surface area (Å²) < 4.78 is 0. The molecule has 0 aliphatic carbocycles. The van der Waals surface area contributed by atoms with Crippen LogP contribution in [-0.2, 0) is 0 Å². The topological polar surface area (TPSA) is 43.7 Å². The Bertz CT molecular complexity index is 264. The lowest BCUT2D eigenvalue weighted by molar-refractivity contribution is 0.106. The van der Waals surface area contributed by atoms with Crippen LogP contribution in [0.4, 0.5) is 0 Å². The highest BCUT2D eigenvalue weighted by Gasteiger charge is 2.16. The summed E-state index contributed by atoms with van der Waals surface area (Å²) in [5.41, 5.74) is 1.09. The van der Waals surface area contributed by atoms with E-state index in [1.807, 2.05) is 37.3 Å². The molecule has 0 amide bonds. The molecule has 1 atom stereocenters. The SMILES string of the molecule is CCN(CCO)C(CO)c1ccccc1. The molecule has 0 saturated carbocycles. The molecule has 0 fully saturated rings. The number of hydrogen-bond donors (Lipinski definition) is 2. The third-order valence-electron chi connectivity index (χ3n) is 2.59. The smallest absolute Gasteiger partial charge is 0.0628 e. The lowest BCUT2D eigenvalue weighted by atomic mass is 10.1. The maximum absolute atomic E-state index is 9.38. The molecule has 0 bridgehead atoms. The lowest BCUT2D eigenvalue weighted by Crippen LogP contribution is -2.33. The number of nitrogens with zero attached hydrogens (tertiary/aromatic N) is 1. The monoisotopic (exact) mass is 209 g/mol. The molecule has 0 aromatic heterocycles. The molecule has 0 radical (unpaired) electrons. The number of likely N-dealkylation sites (N-methyl/N-ethyl adjacent to an activating group) is 1. The van der Waals surface area contributed by atoms with Crippen molar-refractivity contribution >= 4 is 0 Å². The van der Waals surface area contributed by atoms with E-state index >= 15 is 0 Å². The molecule has 0 saturated heterocycles. The Morgan fingerprint density at radius 2 is 1.87 bits per heavy atom. The van der Waals surface area contributed by atoms with E-state index in [9.17, 15) is 5.11 Å². The highest BCUT2D eigenvalue weighted by molar-refractivity contribution is 5.19. The van der Waals surface area contributed by atoms with Crippen molar-refractivity contribution in [2.45, 2.75) is 13.0 Å². The number of rotatable bonds is 6. The van der Waals surface area contributed by atoms with Crippen molar-refractivity contribution in [2.24, 2.45) is 0 Å². The Labute approximate surface area is 91.0 Å². The van der Waals surface area contributed by atoms with Gasteiger partial charge in [0, 0.05) is 6.54 Å². The minimum atomic E-state index is -0.0108. The van der Waals surface area contributed by atoms with E-state index in [0.717, 1.165) is 12.1 Å². The van der Waals surface area contributed by atoms with Crippen molar-refractivity contribution in [3.05, 3.63) is 35.9 Å². The minimum Gasteiger partial charge on any atom is -0.395 e. The van der Waals surface area contributed by atoms with Gasteiger partial charge in [-0.3, -0.25) is 4.90 Å². The second-order valence-corrected chi connectivity index (χ2v) is 3.46. The molecule has 3 heteroatoms. The van der Waals surface area contributed by atoms with Crippen LogP contribution in [0.2, 0.25) is 0 Å². The quantitative estimate of drug-likeness (QED) is 0.735. The average molecular weight is 209 g/mol. The summed E-state index contributed by atoms with van der Waals surface area (Å²) in [6, 6.07) is 9.88. The molecular weight excluding hydrogens is 190 g/mol. The second-order valence-electron chi connectivity index (χ2n) is 3.46. The zero-order chi connectivity index (χ0) is 11.1. The van der Waals surface area contributed by atoms with Gasteiger partial charge in [-0.05, 0) is 12.1 Å². The van der Waals surface area contributed by atoms with Gasteiger partial charge < -0.3 is 10.2 Å². The van der Waals surface area contributed by atoms with Gasteiger partial charge in [0.15, 0.2) is 0 Å². The Kier molecular flexibility index (Phi) is 5.32. The van der Waals surface area contributed by atoms with Gasteiger partial charge in [-0.2, -0.15) is 0 Å². The van der Waals surface area contributed by atoms with Crippen LogP contribution < -0.4 is 0 Å². The number of aliphatic hydroxyl groups excluding tert-OH is 2. The Morgan fingerprint density at radius 1 is 1.20 bits per heavy atom. The summed E-state index contributed by atoms with van der Waals surface area (Å²) in [6.07, 6.45) is 0. The van der Waals surface area contributed by atoms with E-state index in [0.29, 0.717) is 6.54 Å². The Balaban J connectivity index is 2.77. The molecule has 0 aliphatic rings. The fraction of sp³-hybridized carbons (Fsp3) is 0.500. The molecule has 3 nitrogen and oxygen atoms in total. The van der Waals surface area contributed by atoms with Crippen LogP contribution in [0, 0.1) is 0 Å². The van der Waals surface area contributed by atoms with Gasteiger partial charge in [-0.25, -0.2) is 0 Å². The third-order valence-corrected chi connectivity index (χ3v) is 2.59. The molecule has 1 rings (SSSR count). The van der Waals surface area contributed by atoms with Crippen LogP contribution in [0.3, 0.4) is 0 Å². The first-order valence-electron chi connectivity index (χ1n) is 5.34. The van der Waals surface area contributed by atoms with Gasteiger partial charge in [-0.15, -0.1) is 0 Å². The minimum absolute atomic E-state index is 0.0108.